The molecule has 0 unspecified atom stereocenters. The fourth-order valence-electron chi connectivity index (χ4n) is 0.562. The Bertz CT molecular complexity index is 299. The second kappa shape index (κ2) is 4.38. The number of hydrogen-bond acceptors (Lipinski definition) is 4. The van der Waals surface area contributed by atoms with Crippen molar-refractivity contribution in [2.75, 3.05) is 6.61 Å². The molecule has 0 spiro atoms. The zero-order valence-electron chi connectivity index (χ0n) is 6.67. The second-order valence-corrected chi connectivity index (χ2v) is 3.09. The molecule has 1 aromatic heterocycles. The molecule has 0 aliphatic rings. The summed E-state index contributed by atoms with van der Waals surface area (Å²) in [5.74, 6) is -0.739. The van der Waals surface area contributed by atoms with E-state index in [4.69, 9.17) is 0 Å². The van der Waals surface area contributed by atoms with Crippen molar-refractivity contribution < 1.29 is 22.8 Å². The van der Waals surface area contributed by atoms with Gasteiger partial charge in [-0.2, -0.15) is 13.2 Å². The van der Waals surface area contributed by atoms with Crippen LogP contribution >= 0.6 is 11.3 Å². The molecule has 78 valence electrons. The molecule has 1 amide bonds. The Morgan fingerprint density at radius 1 is 1.64 bits per heavy atom. The first kappa shape index (κ1) is 10.9. The van der Waals surface area contributed by atoms with Crippen molar-refractivity contribution in [1.82, 2.24) is 10.5 Å². The number of halogens is 3. The van der Waals surface area contributed by atoms with E-state index in [1.54, 1.807) is 5.48 Å². The highest BCUT2D eigenvalue weighted by atomic mass is 32.1. The van der Waals surface area contributed by atoms with Gasteiger partial charge in [0, 0.05) is 0 Å². The summed E-state index contributed by atoms with van der Waals surface area (Å²) in [4.78, 5) is 18.7. The largest absolute Gasteiger partial charge is 0.414 e. The highest BCUT2D eigenvalue weighted by Gasteiger charge is 2.28. The maximum atomic E-state index is 11.6. The third-order valence-corrected chi connectivity index (χ3v) is 1.83. The molecule has 0 aliphatic carbocycles. The number of carbonyl (C=O) groups excluding carboxylic acids is 1. The maximum Gasteiger partial charge on any atom is 0.414 e. The number of amides is 1. The Labute approximate surface area is 80.7 Å². The number of aromatic nitrogens is 1. The van der Waals surface area contributed by atoms with Crippen LogP contribution in [0.4, 0.5) is 13.2 Å². The molecule has 1 aromatic rings. The van der Waals surface area contributed by atoms with Gasteiger partial charge in [-0.3, -0.25) is 14.6 Å². The lowest BCUT2D eigenvalue weighted by Crippen LogP contribution is -2.29. The monoisotopic (exact) mass is 226 g/mol. The van der Waals surface area contributed by atoms with E-state index in [0.29, 0.717) is 0 Å². The lowest BCUT2D eigenvalue weighted by atomic mass is 10.5. The third kappa shape index (κ3) is 3.71. The van der Waals surface area contributed by atoms with E-state index in [0.717, 1.165) is 11.3 Å². The molecular formula is C6H5F3N2O2S. The lowest BCUT2D eigenvalue weighted by molar-refractivity contribution is -0.184. The van der Waals surface area contributed by atoms with Gasteiger partial charge in [0.2, 0.25) is 0 Å². The average molecular weight is 226 g/mol. The van der Waals surface area contributed by atoms with Crippen LogP contribution in [-0.4, -0.2) is 23.7 Å². The Hall–Kier alpha value is -1.15. The summed E-state index contributed by atoms with van der Waals surface area (Å²) in [7, 11) is 0. The first-order chi connectivity index (χ1) is 6.49. The summed E-state index contributed by atoms with van der Waals surface area (Å²) in [5.41, 5.74) is 3.04. The maximum absolute atomic E-state index is 11.6. The van der Waals surface area contributed by atoms with Crippen molar-refractivity contribution in [2.45, 2.75) is 6.18 Å². The van der Waals surface area contributed by atoms with E-state index < -0.39 is 18.7 Å². The SMILES string of the molecule is O=C(NOCC(F)(F)F)c1cncs1. The van der Waals surface area contributed by atoms with Crippen LogP contribution < -0.4 is 5.48 Å². The van der Waals surface area contributed by atoms with E-state index in [1.165, 1.54) is 11.7 Å². The zero-order valence-corrected chi connectivity index (χ0v) is 7.48. The number of thiazole rings is 1. The van der Waals surface area contributed by atoms with Gasteiger partial charge in [0.15, 0.2) is 6.61 Å². The molecule has 0 aromatic carbocycles. The minimum Gasteiger partial charge on any atom is -0.266 e. The topological polar surface area (TPSA) is 51.2 Å². The van der Waals surface area contributed by atoms with Gasteiger partial charge in [-0.1, -0.05) is 0 Å². The van der Waals surface area contributed by atoms with Gasteiger partial charge in [0.05, 0.1) is 11.7 Å². The van der Waals surface area contributed by atoms with Gasteiger partial charge in [-0.15, -0.1) is 11.3 Å². The van der Waals surface area contributed by atoms with E-state index in [-0.39, 0.29) is 4.88 Å². The number of carbonyl (C=O) groups is 1. The molecule has 1 rings (SSSR count). The van der Waals surface area contributed by atoms with Crippen molar-refractivity contribution in [3.8, 4) is 0 Å². The second-order valence-electron chi connectivity index (χ2n) is 2.20. The van der Waals surface area contributed by atoms with Crippen LogP contribution in [0, 0.1) is 0 Å². The van der Waals surface area contributed by atoms with E-state index >= 15 is 0 Å². The molecule has 0 atom stereocenters. The fraction of sp³-hybridized carbons (Fsp3) is 0.333. The Morgan fingerprint density at radius 3 is 2.86 bits per heavy atom. The normalized spacial score (nSPS) is 11.4. The average Bonchev–Trinajstić information content (AvgIpc) is 2.53. The lowest BCUT2D eigenvalue weighted by Gasteiger charge is -2.06. The van der Waals surface area contributed by atoms with Crippen molar-refractivity contribution in [2.24, 2.45) is 0 Å². The standard InChI is InChI=1S/C6H5F3N2O2S/c7-6(8,9)2-13-11-5(12)4-1-10-3-14-4/h1,3H,2H2,(H,11,12). The van der Waals surface area contributed by atoms with E-state index in [9.17, 15) is 18.0 Å². The number of nitrogens with zero attached hydrogens (tertiary/aromatic N) is 1. The molecule has 0 saturated heterocycles. The highest BCUT2D eigenvalue weighted by Crippen LogP contribution is 2.13. The van der Waals surface area contributed by atoms with Gasteiger partial charge in [-0.25, -0.2) is 5.48 Å². The number of hydrogen-bond donors (Lipinski definition) is 1. The molecule has 1 N–H and O–H groups in total. The minimum absolute atomic E-state index is 0.187. The van der Waals surface area contributed by atoms with E-state index in [1.807, 2.05) is 0 Å². The van der Waals surface area contributed by atoms with Gasteiger partial charge in [0.25, 0.3) is 5.91 Å². The highest BCUT2D eigenvalue weighted by molar-refractivity contribution is 7.11. The molecule has 14 heavy (non-hydrogen) atoms. The summed E-state index contributed by atoms with van der Waals surface area (Å²) in [5, 5.41) is 0. The zero-order chi connectivity index (χ0) is 10.6. The molecule has 0 saturated carbocycles. The van der Waals surface area contributed by atoms with E-state index in [2.05, 4.69) is 9.82 Å². The van der Waals surface area contributed by atoms with Gasteiger partial charge < -0.3 is 0 Å². The predicted octanol–water partition coefficient (Wildman–Crippen LogP) is 1.37. The van der Waals surface area contributed by atoms with Crippen molar-refractivity contribution >= 4 is 17.2 Å². The molecular weight excluding hydrogens is 221 g/mol. The van der Waals surface area contributed by atoms with Crippen LogP contribution in [-0.2, 0) is 4.84 Å². The van der Waals surface area contributed by atoms with Crippen LogP contribution in [0.2, 0.25) is 0 Å². The molecule has 8 heteroatoms. The Balaban J connectivity index is 2.30. The molecule has 0 aliphatic heterocycles. The number of nitrogens with one attached hydrogen (secondary N) is 1. The summed E-state index contributed by atoms with van der Waals surface area (Å²) in [6, 6.07) is 0. The van der Waals surface area contributed by atoms with Gasteiger partial charge in [-0.05, 0) is 0 Å². The van der Waals surface area contributed by atoms with Crippen LogP contribution in [0.3, 0.4) is 0 Å². The van der Waals surface area contributed by atoms with Gasteiger partial charge in [0.1, 0.15) is 4.88 Å². The summed E-state index contributed by atoms with van der Waals surface area (Å²) < 4.78 is 34.7. The quantitative estimate of drug-likeness (QED) is 0.792. The molecule has 0 bridgehead atoms. The van der Waals surface area contributed by atoms with Crippen molar-refractivity contribution in [3.05, 3.63) is 16.6 Å². The summed E-state index contributed by atoms with van der Waals surface area (Å²) in [6.07, 6.45) is -3.22. The van der Waals surface area contributed by atoms with Crippen LogP contribution in [0.25, 0.3) is 0 Å². The summed E-state index contributed by atoms with van der Waals surface area (Å²) >= 11 is 1.00. The first-order valence-electron chi connectivity index (χ1n) is 3.36. The first-order valence-corrected chi connectivity index (χ1v) is 4.24. The fourth-order valence-corrected chi connectivity index (χ4v) is 1.07. The molecule has 0 radical (unpaired) electrons. The number of alkyl halides is 3. The smallest absolute Gasteiger partial charge is 0.266 e. The molecule has 4 nitrogen and oxygen atoms in total. The molecule has 1 heterocycles. The predicted molar refractivity (Wildman–Crippen MR) is 41.6 cm³/mol. The third-order valence-electron chi connectivity index (χ3n) is 1.06. The van der Waals surface area contributed by atoms with Crippen LogP contribution in [0.5, 0.6) is 0 Å². The van der Waals surface area contributed by atoms with Crippen molar-refractivity contribution in [3.63, 3.8) is 0 Å². The van der Waals surface area contributed by atoms with Crippen LogP contribution in [0.15, 0.2) is 11.7 Å². The van der Waals surface area contributed by atoms with Crippen molar-refractivity contribution in [1.29, 1.82) is 0 Å². The van der Waals surface area contributed by atoms with Gasteiger partial charge >= 0.3 is 6.18 Å². The molecule has 0 fully saturated rings. The Kier molecular flexibility index (Phi) is 3.42. The number of rotatable bonds is 3. The number of hydroxylamine groups is 1. The minimum atomic E-state index is -4.46. The summed E-state index contributed by atoms with van der Waals surface area (Å²) in [6.45, 7) is -1.52. The van der Waals surface area contributed by atoms with Crippen LogP contribution in [0.1, 0.15) is 9.67 Å². The Morgan fingerprint density at radius 2 is 2.36 bits per heavy atom.